The van der Waals surface area contributed by atoms with E-state index >= 15 is 0 Å². The molecule has 0 unspecified atom stereocenters. The van der Waals surface area contributed by atoms with E-state index in [4.69, 9.17) is 23.2 Å². The standard InChI is InChI=1S/C19H20Cl2N2O3S/c20-15-6-8-16(9-7-15)22-27(25,26)18-13-14(5-10-17(18)21)19(24)23-11-3-1-2-4-12-23/h5-10,13,22H,1-4,11-12H2. The van der Waals surface area contributed by atoms with E-state index in [1.165, 1.54) is 12.1 Å². The van der Waals surface area contributed by atoms with Crippen molar-refractivity contribution in [2.24, 2.45) is 0 Å². The molecule has 1 fully saturated rings. The van der Waals surface area contributed by atoms with Crippen molar-refractivity contribution in [3.63, 3.8) is 0 Å². The molecule has 0 spiro atoms. The minimum absolute atomic E-state index is 0.0591. The Morgan fingerprint density at radius 3 is 2.19 bits per heavy atom. The second-order valence-corrected chi connectivity index (χ2v) is 8.96. The van der Waals surface area contributed by atoms with Crippen molar-refractivity contribution in [1.29, 1.82) is 0 Å². The minimum atomic E-state index is -3.95. The maximum absolute atomic E-state index is 12.8. The SMILES string of the molecule is O=C(c1ccc(Cl)c(S(=O)(=O)Nc2ccc(Cl)cc2)c1)N1CCCCCC1. The van der Waals surface area contributed by atoms with Crippen molar-refractivity contribution in [3.05, 3.63) is 58.1 Å². The van der Waals surface area contributed by atoms with Crippen LogP contribution >= 0.6 is 23.2 Å². The third-order valence-corrected chi connectivity index (χ3v) is 6.57. The van der Waals surface area contributed by atoms with Crippen molar-refractivity contribution in [1.82, 2.24) is 4.90 Å². The van der Waals surface area contributed by atoms with Gasteiger partial charge >= 0.3 is 0 Å². The maximum Gasteiger partial charge on any atom is 0.263 e. The summed E-state index contributed by atoms with van der Waals surface area (Å²) in [7, 11) is -3.95. The molecule has 0 aromatic heterocycles. The number of likely N-dealkylation sites (tertiary alicyclic amines) is 1. The molecule has 1 saturated heterocycles. The molecule has 2 aromatic carbocycles. The molecule has 1 aliphatic rings. The molecule has 0 aliphatic carbocycles. The first kappa shape index (κ1) is 20.0. The third-order valence-electron chi connectivity index (χ3n) is 4.46. The Labute approximate surface area is 169 Å². The van der Waals surface area contributed by atoms with E-state index in [2.05, 4.69) is 4.72 Å². The number of benzene rings is 2. The van der Waals surface area contributed by atoms with Gasteiger partial charge in [-0.05, 0) is 55.3 Å². The number of nitrogens with one attached hydrogen (secondary N) is 1. The highest BCUT2D eigenvalue weighted by Gasteiger charge is 2.23. The number of nitrogens with zero attached hydrogens (tertiary/aromatic N) is 1. The Bertz CT molecular complexity index is 922. The molecular weight excluding hydrogens is 407 g/mol. The van der Waals surface area contributed by atoms with E-state index in [9.17, 15) is 13.2 Å². The van der Waals surface area contributed by atoms with Crippen molar-refractivity contribution >= 4 is 44.8 Å². The summed E-state index contributed by atoms with van der Waals surface area (Å²) < 4.78 is 28.0. The number of sulfonamides is 1. The van der Waals surface area contributed by atoms with Gasteiger partial charge in [0, 0.05) is 29.4 Å². The predicted molar refractivity (Wildman–Crippen MR) is 108 cm³/mol. The Kier molecular flexibility index (Phi) is 6.29. The zero-order chi connectivity index (χ0) is 19.4. The topological polar surface area (TPSA) is 66.5 Å². The third kappa shape index (κ3) is 4.94. The summed E-state index contributed by atoms with van der Waals surface area (Å²) in [5, 5.41) is 0.560. The monoisotopic (exact) mass is 426 g/mol. The van der Waals surface area contributed by atoms with E-state index in [0.29, 0.717) is 29.4 Å². The number of carbonyl (C=O) groups excluding carboxylic acids is 1. The van der Waals surface area contributed by atoms with E-state index in [-0.39, 0.29) is 15.8 Å². The van der Waals surface area contributed by atoms with Gasteiger partial charge in [0.05, 0.1) is 5.02 Å². The summed E-state index contributed by atoms with van der Waals surface area (Å²) in [5.41, 5.74) is 0.678. The van der Waals surface area contributed by atoms with Gasteiger partial charge in [0.15, 0.2) is 0 Å². The van der Waals surface area contributed by atoms with Crippen molar-refractivity contribution in [3.8, 4) is 0 Å². The number of rotatable bonds is 4. The first-order valence-electron chi connectivity index (χ1n) is 8.74. The van der Waals surface area contributed by atoms with Gasteiger partial charge in [0.1, 0.15) is 4.90 Å². The van der Waals surface area contributed by atoms with Gasteiger partial charge in [0.2, 0.25) is 0 Å². The Morgan fingerprint density at radius 1 is 0.926 bits per heavy atom. The molecule has 5 nitrogen and oxygen atoms in total. The molecule has 2 aromatic rings. The molecule has 1 N–H and O–H groups in total. The van der Waals surface area contributed by atoms with Gasteiger partial charge in [-0.1, -0.05) is 36.0 Å². The van der Waals surface area contributed by atoms with Crippen molar-refractivity contribution in [2.75, 3.05) is 17.8 Å². The summed E-state index contributed by atoms with van der Waals surface area (Å²) in [5.74, 6) is -0.170. The molecule has 1 amide bonds. The van der Waals surface area contributed by atoms with Crippen LogP contribution in [0, 0.1) is 0 Å². The largest absolute Gasteiger partial charge is 0.339 e. The van der Waals surface area contributed by atoms with Crippen LogP contribution in [-0.4, -0.2) is 32.3 Å². The number of hydrogen-bond acceptors (Lipinski definition) is 3. The van der Waals surface area contributed by atoms with Crippen LogP contribution in [0.4, 0.5) is 5.69 Å². The molecule has 0 atom stereocenters. The summed E-state index contributed by atoms with van der Waals surface area (Å²) in [4.78, 5) is 14.4. The van der Waals surface area contributed by atoms with Crippen LogP contribution in [0.25, 0.3) is 0 Å². The quantitative estimate of drug-likeness (QED) is 0.762. The van der Waals surface area contributed by atoms with Gasteiger partial charge in [-0.2, -0.15) is 0 Å². The first-order valence-corrected chi connectivity index (χ1v) is 11.0. The molecule has 1 heterocycles. The lowest BCUT2D eigenvalue weighted by Crippen LogP contribution is -2.32. The minimum Gasteiger partial charge on any atom is -0.339 e. The fraction of sp³-hybridized carbons (Fsp3) is 0.316. The summed E-state index contributed by atoms with van der Waals surface area (Å²) in [6.07, 6.45) is 4.13. The summed E-state index contributed by atoms with van der Waals surface area (Å²) in [6, 6.07) is 10.6. The van der Waals surface area contributed by atoms with Crippen LogP contribution in [0.3, 0.4) is 0 Å². The predicted octanol–water partition coefficient (Wildman–Crippen LogP) is 4.81. The van der Waals surface area contributed by atoms with Crippen LogP contribution in [0.5, 0.6) is 0 Å². The second-order valence-electron chi connectivity index (χ2n) is 6.46. The number of amides is 1. The number of hydrogen-bond donors (Lipinski definition) is 1. The van der Waals surface area contributed by atoms with Crippen molar-refractivity contribution < 1.29 is 13.2 Å². The molecule has 144 valence electrons. The van der Waals surface area contributed by atoms with E-state index in [1.807, 2.05) is 0 Å². The van der Waals surface area contributed by atoms with E-state index in [0.717, 1.165) is 25.7 Å². The fourth-order valence-corrected chi connectivity index (χ4v) is 4.74. The normalized spacial score (nSPS) is 15.3. The van der Waals surface area contributed by atoms with Crippen molar-refractivity contribution in [2.45, 2.75) is 30.6 Å². The lowest BCUT2D eigenvalue weighted by molar-refractivity contribution is 0.0761. The molecular formula is C19H20Cl2N2O3S. The average molecular weight is 427 g/mol. The van der Waals surface area contributed by atoms with E-state index in [1.54, 1.807) is 35.2 Å². The van der Waals surface area contributed by atoms with Gasteiger partial charge in [0.25, 0.3) is 15.9 Å². The molecule has 0 saturated carbocycles. The van der Waals surface area contributed by atoms with Gasteiger partial charge in [-0.3, -0.25) is 9.52 Å². The lowest BCUT2D eigenvalue weighted by atomic mass is 10.2. The summed E-state index contributed by atoms with van der Waals surface area (Å²) in [6.45, 7) is 1.37. The molecule has 0 bridgehead atoms. The fourth-order valence-electron chi connectivity index (χ4n) is 3.03. The smallest absolute Gasteiger partial charge is 0.263 e. The number of anilines is 1. The number of carbonyl (C=O) groups is 1. The van der Waals surface area contributed by atoms with E-state index < -0.39 is 10.0 Å². The highest BCUT2D eigenvalue weighted by Crippen LogP contribution is 2.26. The first-order chi connectivity index (χ1) is 12.9. The highest BCUT2D eigenvalue weighted by molar-refractivity contribution is 7.92. The Balaban J connectivity index is 1.87. The van der Waals surface area contributed by atoms with Gasteiger partial charge in [-0.25, -0.2) is 8.42 Å². The summed E-state index contributed by atoms with van der Waals surface area (Å²) >= 11 is 11.9. The lowest BCUT2D eigenvalue weighted by Gasteiger charge is -2.21. The van der Waals surface area contributed by atoms with Crippen LogP contribution in [0.1, 0.15) is 36.0 Å². The maximum atomic E-state index is 12.8. The second kappa shape index (κ2) is 8.50. The Morgan fingerprint density at radius 2 is 1.56 bits per heavy atom. The highest BCUT2D eigenvalue weighted by atomic mass is 35.5. The molecule has 8 heteroatoms. The molecule has 0 radical (unpaired) electrons. The zero-order valence-corrected chi connectivity index (χ0v) is 16.9. The molecule has 27 heavy (non-hydrogen) atoms. The number of halogens is 2. The van der Waals surface area contributed by atoms with Crippen LogP contribution < -0.4 is 4.72 Å². The van der Waals surface area contributed by atoms with Crippen LogP contribution in [0.15, 0.2) is 47.4 Å². The average Bonchev–Trinajstić information content (AvgIpc) is 2.92. The Hall–Kier alpha value is -1.76. The molecule has 3 rings (SSSR count). The molecule has 1 aliphatic heterocycles. The van der Waals surface area contributed by atoms with Crippen LogP contribution in [0.2, 0.25) is 10.0 Å². The van der Waals surface area contributed by atoms with Crippen LogP contribution in [-0.2, 0) is 10.0 Å². The zero-order valence-electron chi connectivity index (χ0n) is 14.6. The van der Waals surface area contributed by atoms with Gasteiger partial charge < -0.3 is 4.90 Å². The van der Waals surface area contributed by atoms with Gasteiger partial charge in [-0.15, -0.1) is 0 Å².